The molecular formula is C21H35N3O2+2. The molecule has 3 N–H and O–H groups in total. The maximum Gasteiger partial charge on any atom is 0.275 e. The average molecular weight is 362 g/mol. The first-order valence-electron chi connectivity index (χ1n) is 10.2. The largest absolute Gasteiger partial charge is 0.376 e. The lowest BCUT2D eigenvalue weighted by atomic mass is 10.0. The molecule has 0 unspecified atom stereocenters. The first kappa shape index (κ1) is 19.3. The maximum atomic E-state index is 12.1. The molecule has 2 fully saturated rings. The van der Waals surface area contributed by atoms with Crippen LogP contribution in [0.3, 0.4) is 0 Å². The molecule has 5 nitrogen and oxygen atoms in total. The molecule has 2 aliphatic rings. The van der Waals surface area contributed by atoms with Crippen LogP contribution in [0.4, 0.5) is 0 Å². The Morgan fingerprint density at radius 2 is 1.85 bits per heavy atom. The Hall–Kier alpha value is -1.43. The van der Waals surface area contributed by atoms with E-state index in [1.807, 2.05) is 0 Å². The fourth-order valence-electron chi connectivity index (χ4n) is 3.94. The lowest BCUT2D eigenvalue weighted by molar-refractivity contribution is -1.02. The number of hydrogen-bond donors (Lipinski definition) is 3. The summed E-state index contributed by atoms with van der Waals surface area (Å²) in [5.41, 5.74) is 2.83. The summed E-state index contributed by atoms with van der Waals surface area (Å²) in [5, 5.41) is 3.05. The van der Waals surface area contributed by atoms with Crippen molar-refractivity contribution in [1.82, 2.24) is 5.32 Å². The van der Waals surface area contributed by atoms with Crippen LogP contribution >= 0.6 is 0 Å². The Labute approximate surface area is 157 Å². The molecular weight excluding hydrogens is 326 g/mol. The van der Waals surface area contributed by atoms with Gasteiger partial charge in [0.25, 0.3) is 5.91 Å². The predicted molar refractivity (Wildman–Crippen MR) is 102 cm³/mol. The molecule has 2 aliphatic heterocycles. The van der Waals surface area contributed by atoms with Gasteiger partial charge in [-0.05, 0) is 24.3 Å². The Kier molecular flexibility index (Phi) is 7.06. The number of amides is 1. The van der Waals surface area contributed by atoms with Crippen molar-refractivity contribution in [2.45, 2.75) is 45.3 Å². The SMILES string of the molecule is CC(C)c1ccc(C[NH+]2CC[NH+](CC(=O)NC[C@H]3CCCO3)CC2)cc1. The van der Waals surface area contributed by atoms with Gasteiger partial charge in [0.1, 0.15) is 32.7 Å². The second kappa shape index (κ2) is 9.49. The quantitative estimate of drug-likeness (QED) is 0.607. The van der Waals surface area contributed by atoms with Gasteiger partial charge in [-0.2, -0.15) is 0 Å². The van der Waals surface area contributed by atoms with Crippen molar-refractivity contribution in [3.05, 3.63) is 35.4 Å². The van der Waals surface area contributed by atoms with Crippen LogP contribution in [-0.2, 0) is 16.1 Å². The second-order valence-corrected chi connectivity index (χ2v) is 8.19. The van der Waals surface area contributed by atoms with Gasteiger partial charge in [0.05, 0.1) is 6.10 Å². The molecule has 3 rings (SSSR count). The highest BCUT2D eigenvalue weighted by atomic mass is 16.5. The van der Waals surface area contributed by atoms with Crippen molar-refractivity contribution in [2.24, 2.45) is 0 Å². The molecule has 0 radical (unpaired) electrons. The topological polar surface area (TPSA) is 47.2 Å². The summed E-state index contributed by atoms with van der Waals surface area (Å²) in [7, 11) is 0. The van der Waals surface area contributed by atoms with E-state index in [0.29, 0.717) is 19.0 Å². The molecule has 26 heavy (non-hydrogen) atoms. The summed E-state index contributed by atoms with van der Waals surface area (Å²) in [4.78, 5) is 15.2. The normalized spacial score (nSPS) is 26.2. The van der Waals surface area contributed by atoms with E-state index < -0.39 is 0 Å². The van der Waals surface area contributed by atoms with Gasteiger partial charge in [-0.15, -0.1) is 0 Å². The van der Waals surface area contributed by atoms with Crippen LogP contribution in [0.5, 0.6) is 0 Å². The van der Waals surface area contributed by atoms with Crippen molar-refractivity contribution in [3.63, 3.8) is 0 Å². The summed E-state index contributed by atoms with van der Waals surface area (Å²) in [6, 6.07) is 9.08. The molecule has 0 bridgehead atoms. The summed E-state index contributed by atoms with van der Waals surface area (Å²) < 4.78 is 5.56. The van der Waals surface area contributed by atoms with Crippen molar-refractivity contribution in [1.29, 1.82) is 0 Å². The van der Waals surface area contributed by atoms with Crippen LogP contribution in [-0.4, -0.2) is 57.9 Å². The van der Waals surface area contributed by atoms with Crippen LogP contribution in [0, 0.1) is 0 Å². The van der Waals surface area contributed by atoms with Gasteiger partial charge >= 0.3 is 0 Å². The molecule has 2 heterocycles. The molecule has 2 saturated heterocycles. The average Bonchev–Trinajstić information content (AvgIpc) is 3.16. The van der Waals surface area contributed by atoms with Crippen molar-refractivity contribution >= 4 is 5.91 Å². The van der Waals surface area contributed by atoms with Gasteiger partial charge in [-0.3, -0.25) is 4.79 Å². The third-order valence-electron chi connectivity index (χ3n) is 5.73. The van der Waals surface area contributed by atoms with Crippen molar-refractivity contribution < 1.29 is 19.3 Å². The van der Waals surface area contributed by atoms with E-state index in [2.05, 4.69) is 43.4 Å². The molecule has 5 heteroatoms. The van der Waals surface area contributed by atoms with Crippen LogP contribution in [0.25, 0.3) is 0 Å². The highest BCUT2D eigenvalue weighted by Crippen LogP contribution is 2.14. The Bertz CT molecular complexity index is 559. The van der Waals surface area contributed by atoms with Gasteiger partial charge in [0, 0.05) is 18.7 Å². The smallest absolute Gasteiger partial charge is 0.275 e. The predicted octanol–water partition coefficient (Wildman–Crippen LogP) is -0.611. The van der Waals surface area contributed by atoms with Crippen LogP contribution in [0.1, 0.15) is 43.7 Å². The molecule has 0 aliphatic carbocycles. The second-order valence-electron chi connectivity index (χ2n) is 8.19. The van der Waals surface area contributed by atoms with Gasteiger partial charge in [0.2, 0.25) is 0 Å². The van der Waals surface area contributed by atoms with Crippen molar-refractivity contribution in [2.75, 3.05) is 45.9 Å². The van der Waals surface area contributed by atoms with Gasteiger partial charge < -0.3 is 19.9 Å². The lowest BCUT2D eigenvalue weighted by Crippen LogP contribution is -3.28. The van der Waals surface area contributed by atoms with Crippen LogP contribution < -0.4 is 15.1 Å². The Balaban J connectivity index is 1.35. The Morgan fingerprint density at radius 3 is 2.46 bits per heavy atom. The number of quaternary nitrogens is 2. The van der Waals surface area contributed by atoms with E-state index in [1.54, 1.807) is 4.90 Å². The number of hydrogen-bond acceptors (Lipinski definition) is 2. The van der Waals surface area contributed by atoms with E-state index in [-0.39, 0.29) is 12.0 Å². The number of ether oxygens (including phenoxy) is 1. The van der Waals surface area contributed by atoms with E-state index in [1.165, 1.54) is 16.0 Å². The molecule has 1 aromatic carbocycles. The number of benzene rings is 1. The molecule has 1 aromatic rings. The zero-order chi connectivity index (χ0) is 18.4. The first-order valence-corrected chi connectivity index (χ1v) is 10.2. The maximum absolute atomic E-state index is 12.1. The molecule has 1 amide bonds. The third kappa shape index (κ3) is 5.79. The van der Waals surface area contributed by atoms with Gasteiger partial charge in [-0.1, -0.05) is 38.1 Å². The number of nitrogens with one attached hydrogen (secondary N) is 3. The van der Waals surface area contributed by atoms with Crippen LogP contribution in [0.2, 0.25) is 0 Å². The fraction of sp³-hybridized carbons (Fsp3) is 0.667. The number of carbonyl (C=O) groups excluding carboxylic acids is 1. The minimum absolute atomic E-state index is 0.170. The third-order valence-corrected chi connectivity index (χ3v) is 5.73. The lowest BCUT2D eigenvalue weighted by Gasteiger charge is -2.29. The number of rotatable bonds is 7. The molecule has 0 aromatic heterocycles. The summed E-state index contributed by atoms with van der Waals surface area (Å²) in [6.07, 6.45) is 2.43. The van der Waals surface area contributed by atoms with E-state index in [9.17, 15) is 4.79 Å². The molecule has 0 spiro atoms. The standard InChI is InChI=1S/C21H33N3O2/c1-17(2)19-7-5-18(6-8-19)15-23-9-11-24(12-10-23)16-21(25)22-14-20-4-3-13-26-20/h5-8,17,20H,3-4,9-16H2,1-2H3,(H,22,25)/p+2/t20-/m1/s1. The van der Waals surface area contributed by atoms with E-state index in [4.69, 9.17) is 4.74 Å². The number of carbonyl (C=O) groups is 1. The van der Waals surface area contributed by atoms with E-state index in [0.717, 1.165) is 52.2 Å². The highest BCUT2D eigenvalue weighted by Gasteiger charge is 2.25. The Morgan fingerprint density at radius 1 is 1.15 bits per heavy atom. The minimum Gasteiger partial charge on any atom is -0.376 e. The first-order chi connectivity index (χ1) is 12.6. The zero-order valence-electron chi connectivity index (χ0n) is 16.4. The van der Waals surface area contributed by atoms with E-state index >= 15 is 0 Å². The van der Waals surface area contributed by atoms with Gasteiger partial charge in [-0.25, -0.2) is 0 Å². The van der Waals surface area contributed by atoms with Crippen LogP contribution in [0.15, 0.2) is 24.3 Å². The van der Waals surface area contributed by atoms with Gasteiger partial charge in [0.15, 0.2) is 6.54 Å². The summed E-state index contributed by atoms with van der Waals surface area (Å²) >= 11 is 0. The summed E-state index contributed by atoms with van der Waals surface area (Å²) in [5.74, 6) is 0.762. The monoisotopic (exact) mass is 361 g/mol. The number of piperazine rings is 1. The highest BCUT2D eigenvalue weighted by molar-refractivity contribution is 5.76. The molecule has 144 valence electrons. The summed E-state index contributed by atoms with van der Waals surface area (Å²) in [6.45, 7) is 12.1. The van der Waals surface area contributed by atoms with Crippen molar-refractivity contribution in [3.8, 4) is 0 Å². The molecule has 0 saturated carbocycles. The zero-order valence-corrected chi connectivity index (χ0v) is 16.4. The fourth-order valence-corrected chi connectivity index (χ4v) is 3.94. The minimum atomic E-state index is 0.170. The molecule has 1 atom stereocenters.